The molecule has 2 unspecified atom stereocenters. The van der Waals surface area contributed by atoms with Gasteiger partial charge >= 0.3 is 0 Å². The summed E-state index contributed by atoms with van der Waals surface area (Å²) < 4.78 is 1.81. The normalized spacial score (nSPS) is 14.3. The van der Waals surface area contributed by atoms with Gasteiger partial charge in [-0.2, -0.15) is 4.68 Å². The Hall–Kier alpha value is -1.75. The molecule has 1 N–H and O–H groups in total. The van der Waals surface area contributed by atoms with Gasteiger partial charge in [0.25, 0.3) is 0 Å². The average Bonchev–Trinajstić information content (AvgIpc) is 2.94. The van der Waals surface area contributed by atoms with E-state index in [-0.39, 0.29) is 5.92 Å². The highest BCUT2D eigenvalue weighted by atomic mass is 15.5. The molecule has 5 nitrogen and oxygen atoms in total. The summed E-state index contributed by atoms with van der Waals surface area (Å²) in [5, 5.41) is 15.6. The average molecular weight is 259 g/mol. The van der Waals surface area contributed by atoms with E-state index >= 15 is 0 Å². The van der Waals surface area contributed by atoms with Crippen LogP contribution in [0, 0.1) is 0 Å². The molecule has 2 atom stereocenters. The molecule has 19 heavy (non-hydrogen) atoms. The van der Waals surface area contributed by atoms with Crippen molar-refractivity contribution in [3.8, 4) is 5.69 Å². The summed E-state index contributed by atoms with van der Waals surface area (Å²) in [4.78, 5) is 0. The van der Waals surface area contributed by atoms with Gasteiger partial charge in [0.05, 0.1) is 5.69 Å². The lowest BCUT2D eigenvalue weighted by Crippen LogP contribution is -2.32. The van der Waals surface area contributed by atoms with Gasteiger partial charge in [-0.1, -0.05) is 32.0 Å². The van der Waals surface area contributed by atoms with E-state index in [1.807, 2.05) is 35.0 Å². The van der Waals surface area contributed by atoms with Crippen molar-refractivity contribution in [2.75, 3.05) is 6.54 Å². The molecule has 0 saturated carbocycles. The van der Waals surface area contributed by atoms with Crippen LogP contribution in [0.3, 0.4) is 0 Å². The molecule has 0 saturated heterocycles. The molecule has 0 amide bonds. The van der Waals surface area contributed by atoms with Crippen LogP contribution in [0.15, 0.2) is 30.3 Å². The monoisotopic (exact) mass is 259 g/mol. The number of tetrazole rings is 1. The van der Waals surface area contributed by atoms with Crippen LogP contribution in [0.5, 0.6) is 0 Å². The van der Waals surface area contributed by atoms with E-state index in [2.05, 4.69) is 41.6 Å². The van der Waals surface area contributed by atoms with E-state index in [1.165, 1.54) is 0 Å². The van der Waals surface area contributed by atoms with Gasteiger partial charge in [0.15, 0.2) is 5.82 Å². The zero-order valence-corrected chi connectivity index (χ0v) is 11.7. The van der Waals surface area contributed by atoms with Crippen molar-refractivity contribution in [3.63, 3.8) is 0 Å². The van der Waals surface area contributed by atoms with E-state index in [0.717, 1.165) is 24.5 Å². The van der Waals surface area contributed by atoms with E-state index in [1.54, 1.807) is 0 Å². The molecule has 102 valence electrons. The SMILES string of the molecule is CCCNC(C)C(C)c1nnnn1-c1ccccc1. The Labute approximate surface area is 114 Å². The maximum absolute atomic E-state index is 4.18. The summed E-state index contributed by atoms with van der Waals surface area (Å²) in [5.74, 6) is 1.14. The molecule has 2 rings (SSSR count). The van der Waals surface area contributed by atoms with E-state index in [4.69, 9.17) is 0 Å². The zero-order valence-electron chi connectivity index (χ0n) is 11.7. The highest BCUT2D eigenvalue weighted by Gasteiger charge is 2.20. The van der Waals surface area contributed by atoms with Gasteiger partial charge in [0, 0.05) is 12.0 Å². The van der Waals surface area contributed by atoms with Crippen molar-refractivity contribution in [1.29, 1.82) is 0 Å². The molecular weight excluding hydrogens is 238 g/mol. The molecule has 1 aromatic carbocycles. The quantitative estimate of drug-likeness (QED) is 0.863. The minimum Gasteiger partial charge on any atom is -0.314 e. The summed E-state index contributed by atoms with van der Waals surface area (Å²) in [6.07, 6.45) is 1.13. The summed E-state index contributed by atoms with van der Waals surface area (Å²) in [6, 6.07) is 10.3. The van der Waals surface area contributed by atoms with Crippen LogP contribution >= 0.6 is 0 Å². The maximum Gasteiger partial charge on any atom is 0.161 e. The number of benzene rings is 1. The summed E-state index contributed by atoms with van der Waals surface area (Å²) in [5.41, 5.74) is 0.997. The van der Waals surface area contributed by atoms with Crippen LogP contribution in [0.2, 0.25) is 0 Å². The van der Waals surface area contributed by atoms with Crippen LogP contribution in [0.25, 0.3) is 5.69 Å². The van der Waals surface area contributed by atoms with Crippen LogP contribution in [-0.2, 0) is 0 Å². The summed E-state index contributed by atoms with van der Waals surface area (Å²) in [6.45, 7) is 7.50. The molecule has 5 heteroatoms. The minimum absolute atomic E-state index is 0.252. The first-order chi connectivity index (χ1) is 9.24. The topological polar surface area (TPSA) is 55.6 Å². The van der Waals surface area contributed by atoms with Crippen molar-refractivity contribution >= 4 is 0 Å². The number of nitrogens with one attached hydrogen (secondary N) is 1. The van der Waals surface area contributed by atoms with Crippen molar-refractivity contribution in [2.45, 2.75) is 39.2 Å². The Balaban J connectivity index is 2.20. The predicted molar refractivity (Wildman–Crippen MR) is 75.3 cm³/mol. The highest BCUT2D eigenvalue weighted by Crippen LogP contribution is 2.18. The van der Waals surface area contributed by atoms with E-state index < -0.39 is 0 Å². The Morgan fingerprint density at radius 2 is 1.95 bits per heavy atom. The van der Waals surface area contributed by atoms with Crippen molar-refractivity contribution < 1.29 is 0 Å². The number of hydrogen-bond acceptors (Lipinski definition) is 4. The molecule has 1 aromatic heterocycles. The Morgan fingerprint density at radius 3 is 2.63 bits per heavy atom. The van der Waals surface area contributed by atoms with Crippen LogP contribution in [0.1, 0.15) is 38.9 Å². The Bertz CT molecular complexity index is 494. The third-order valence-corrected chi connectivity index (χ3v) is 3.37. The smallest absolute Gasteiger partial charge is 0.161 e. The fourth-order valence-electron chi connectivity index (χ4n) is 2.00. The number of hydrogen-bond donors (Lipinski definition) is 1. The van der Waals surface area contributed by atoms with Gasteiger partial charge in [-0.25, -0.2) is 0 Å². The molecule has 0 radical (unpaired) electrons. The van der Waals surface area contributed by atoms with Gasteiger partial charge in [-0.05, 0) is 42.4 Å². The van der Waals surface area contributed by atoms with Crippen molar-refractivity contribution in [3.05, 3.63) is 36.2 Å². The summed E-state index contributed by atoms with van der Waals surface area (Å²) >= 11 is 0. The number of para-hydroxylation sites is 1. The van der Waals surface area contributed by atoms with Crippen LogP contribution in [0.4, 0.5) is 0 Å². The first kappa shape index (κ1) is 13.7. The second-order valence-electron chi connectivity index (χ2n) is 4.82. The summed E-state index contributed by atoms with van der Waals surface area (Å²) in [7, 11) is 0. The third kappa shape index (κ3) is 3.17. The molecule has 2 aromatic rings. The first-order valence-electron chi connectivity index (χ1n) is 6.81. The van der Waals surface area contributed by atoms with Gasteiger partial charge < -0.3 is 5.32 Å². The van der Waals surface area contributed by atoms with Gasteiger partial charge in [0.2, 0.25) is 0 Å². The largest absolute Gasteiger partial charge is 0.314 e. The standard InChI is InChI=1S/C14H21N5/c1-4-10-15-12(3)11(2)14-16-17-18-19(14)13-8-6-5-7-9-13/h5-9,11-12,15H,4,10H2,1-3H3. The Morgan fingerprint density at radius 1 is 1.21 bits per heavy atom. The van der Waals surface area contributed by atoms with Crippen molar-refractivity contribution in [2.24, 2.45) is 0 Å². The fourth-order valence-corrected chi connectivity index (χ4v) is 2.00. The first-order valence-corrected chi connectivity index (χ1v) is 6.81. The number of rotatable bonds is 6. The molecule has 1 heterocycles. The molecule has 0 aliphatic heterocycles. The molecule has 0 spiro atoms. The molecule has 0 fully saturated rings. The van der Waals surface area contributed by atoms with Gasteiger partial charge in [-0.3, -0.25) is 0 Å². The van der Waals surface area contributed by atoms with Gasteiger partial charge in [-0.15, -0.1) is 5.10 Å². The highest BCUT2D eigenvalue weighted by molar-refractivity contribution is 5.31. The lowest BCUT2D eigenvalue weighted by molar-refractivity contribution is 0.460. The number of nitrogens with zero attached hydrogens (tertiary/aromatic N) is 4. The van der Waals surface area contributed by atoms with Crippen LogP contribution < -0.4 is 5.32 Å². The van der Waals surface area contributed by atoms with Gasteiger partial charge in [0.1, 0.15) is 0 Å². The lowest BCUT2D eigenvalue weighted by Gasteiger charge is -2.20. The second-order valence-corrected chi connectivity index (χ2v) is 4.82. The number of aromatic nitrogens is 4. The predicted octanol–water partition coefficient (Wildman–Crippen LogP) is 2.15. The van der Waals surface area contributed by atoms with Crippen molar-refractivity contribution in [1.82, 2.24) is 25.5 Å². The lowest BCUT2D eigenvalue weighted by atomic mass is 10.0. The fraction of sp³-hybridized carbons (Fsp3) is 0.500. The van der Waals surface area contributed by atoms with E-state index in [0.29, 0.717) is 6.04 Å². The third-order valence-electron chi connectivity index (χ3n) is 3.37. The minimum atomic E-state index is 0.252. The second kappa shape index (κ2) is 6.43. The maximum atomic E-state index is 4.18. The molecule has 0 bridgehead atoms. The molecular formula is C14H21N5. The van der Waals surface area contributed by atoms with E-state index in [9.17, 15) is 0 Å². The zero-order chi connectivity index (χ0) is 13.7. The molecule has 0 aliphatic carbocycles. The Kier molecular flexibility index (Phi) is 4.63. The van der Waals surface area contributed by atoms with Crippen LogP contribution in [-0.4, -0.2) is 32.8 Å². The molecule has 0 aliphatic rings.